The van der Waals surface area contributed by atoms with Crippen molar-refractivity contribution in [3.8, 4) is 0 Å². The van der Waals surface area contributed by atoms with Crippen LogP contribution in [0.15, 0.2) is 30.3 Å². The molecule has 57 heavy (non-hydrogen) atoms. The molecule has 1 aromatic carbocycles. The standard InChI is InChI=1S/C33H46N6O17S/c40-24(35-22(14-26(43)44)28(46)36-21(13-17-5-2-1-3-6-17)27(45)37-23(15-57)32(53)54)10-8-18(29(47)48)34-16-56-12-4-7-19(30(49)50)38-33(55)39-20(31(51)52)9-11-25(41)42/h1-3,5-6,18-23,34,57H,4,7-16H2,(H,35,40)(H,36,46)(H,37,45)(H,41,42)(H,43,44)(H,47,48)(H,49,50)(H,51,52)(H,53,54)(H2,38,39,55)/t18?,19-,20-,21+,22+,23+/m1/s1. The summed E-state index contributed by atoms with van der Waals surface area (Å²) in [6.45, 7) is -0.552. The van der Waals surface area contributed by atoms with E-state index in [2.05, 4.69) is 39.2 Å². The summed E-state index contributed by atoms with van der Waals surface area (Å²) in [5.74, 6) is -11.8. The van der Waals surface area contributed by atoms with E-state index in [1.54, 1.807) is 30.3 Å². The lowest BCUT2D eigenvalue weighted by Gasteiger charge is -2.24. The van der Waals surface area contributed by atoms with Crippen LogP contribution in [0.3, 0.4) is 0 Å². The summed E-state index contributed by atoms with van der Waals surface area (Å²) < 4.78 is 5.27. The van der Waals surface area contributed by atoms with Crippen LogP contribution in [0.2, 0.25) is 0 Å². The van der Waals surface area contributed by atoms with Gasteiger partial charge in [-0.3, -0.25) is 34.1 Å². The average Bonchev–Trinajstić information content (AvgIpc) is 3.13. The summed E-state index contributed by atoms with van der Waals surface area (Å²) in [6.07, 6.45) is -3.20. The molecule has 0 aromatic heterocycles. The quantitative estimate of drug-likeness (QED) is 0.0232. The Bertz CT molecular complexity index is 1580. The molecule has 0 aliphatic carbocycles. The van der Waals surface area contributed by atoms with Crippen molar-refractivity contribution in [2.45, 2.75) is 87.6 Å². The number of carbonyl (C=O) groups is 10. The molecule has 6 atom stereocenters. The van der Waals surface area contributed by atoms with Gasteiger partial charge in [0.15, 0.2) is 0 Å². The molecule has 0 spiro atoms. The molecule has 0 radical (unpaired) electrons. The lowest BCUT2D eigenvalue weighted by atomic mass is 10.0. The number of urea groups is 1. The maximum atomic E-state index is 13.2. The van der Waals surface area contributed by atoms with Gasteiger partial charge < -0.3 is 62.0 Å². The van der Waals surface area contributed by atoms with Crippen LogP contribution < -0.4 is 31.9 Å². The molecule has 12 N–H and O–H groups in total. The van der Waals surface area contributed by atoms with Gasteiger partial charge in [0.05, 0.1) is 13.2 Å². The molecule has 316 valence electrons. The topological polar surface area (TPSA) is 373 Å². The van der Waals surface area contributed by atoms with Gasteiger partial charge in [0, 0.05) is 31.6 Å². The van der Waals surface area contributed by atoms with Crippen LogP contribution in [0.5, 0.6) is 0 Å². The fourth-order valence-corrected chi connectivity index (χ4v) is 5.04. The minimum atomic E-state index is -1.73. The van der Waals surface area contributed by atoms with Crippen LogP contribution in [0.1, 0.15) is 50.5 Å². The Balaban J connectivity index is 2.74. The number of hydrogen-bond acceptors (Lipinski definition) is 13. The Kier molecular flexibility index (Phi) is 22.3. The fourth-order valence-electron chi connectivity index (χ4n) is 4.79. The third kappa shape index (κ3) is 20.5. The van der Waals surface area contributed by atoms with Gasteiger partial charge in [-0.05, 0) is 31.2 Å². The third-order valence-electron chi connectivity index (χ3n) is 7.77. The summed E-state index contributed by atoms with van der Waals surface area (Å²) in [6, 6.07) is -1.96. The zero-order valence-electron chi connectivity index (χ0n) is 30.3. The maximum absolute atomic E-state index is 13.2. The highest BCUT2D eigenvalue weighted by molar-refractivity contribution is 7.80. The van der Waals surface area contributed by atoms with Crippen LogP contribution in [0, 0.1) is 0 Å². The van der Waals surface area contributed by atoms with Gasteiger partial charge in [-0.25, -0.2) is 19.2 Å². The number of aliphatic carboxylic acids is 6. The van der Waals surface area contributed by atoms with Gasteiger partial charge in [0.2, 0.25) is 17.7 Å². The number of rotatable bonds is 29. The molecule has 0 saturated heterocycles. The first-order chi connectivity index (χ1) is 26.8. The predicted molar refractivity (Wildman–Crippen MR) is 195 cm³/mol. The number of hydrogen-bond donors (Lipinski definition) is 13. The van der Waals surface area contributed by atoms with Crippen molar-refractivity contribution in [3.63, 3.8) is 0 Å². The Morgan fingerprint density at radius 2 is 1.11 bits per heavy atom. The van der Waals surface area contributed by atoms with Crippen molar-refractivity contribution in [1.29, 1.82) is 0 Å². The highest BCUT2D eigenvalue weighted by Gasteiger charge is 2.31. The number of carboxylic acids is 6. The van der Waals surface area contributed by atoms with E-state index in [1.165, 1.54) is 0 Å². The normalized spacial score (nSPS) is 13.9. The van der Waals surface area contributed by atoms with Crippen LogP contribution in [0.4, 0.5) is 4.79 Å². The van der Waals surface area contributed by atoms with Crippen molar-refractivity contribution in [1.82, 2.24) is 31.9 Å². The van der Waals surface area contributed by atoms with Gasteiger partial charge in [-0.15, -0.1) is 0 Å². The fraction of sp³-hybridized carbons (Fsp3) is 0.515. The minimum absolute atomic E-state index is 0.0106. The Morgan fingerprint density at radius 1 is 0.579 bits per heavy atom. The first-order valence-electron chi connectivity index (χ1n) is 17.1. The number of carbonyl (C=O) groups excluding carboxylic acids is 4. The highest BCUT2D eigenvalue weighted by Crippen LogP contribution is 2.07. The zero-order valence-corrected chi connectivity index (χ0v) is 31.1. The number of benzene rings is 1. The van der Waals surface area contributed by atoms with Crippen LogP contribution in [-0.2, 0) is 54.3 Å². The molecule has 0 heterocycles. The zero-order chi connectivity index (χ0) is 43.1. The number of nitrogens with one attached hydrogen (secondary N) is 6. The van der Waals surface area contributed by atoms with Gasteiger partial charge >= 0.3 is 41.8 Å². The Labute approximate surface area is 329 Å². The summed E-state index contributed by atoms with van der Waals surface area (Å²) in [5, 5.41) is 68.9. The van der Waals surface area contributed by atoms with Crippen LogP contribution in [-0.4, -0.2) is 146 Å². The molecule has 0 fully saturated rings. The molecular formula is C33H46N6O17S. The summed E-state index contributed by atoms with van der Waals surface area (Å²) in [7, 11) is 0. The minimum Gasteiger partial charge on any atom is -0.481 e. The van der Waals surface area contributed by atoms with Crippen LogP contribution in [0.25, 0.3) is 0 Å². The molecule has 24 heteroatoms. The van der Waals surface area contributed by atoms with E-state index < -0.39 is 128 Å². The molecule has 1 rings (SSSR count). The van der Waals surface area contributed by atoms with Crippen molar-refractivity contribution < 1.29 is 83.3 Å². The number of ether oxygens (including phenoxy) is 1. The van der Waals surface area contributed by atoms with E-state index in [1.807, 2.05) is 5.32 Å². The molecule has 0 aliphatic rings. The van der Waals surface area contributed by atoms with Gasteiger partial charge in [0.1, 0.15) is 36.3 Å². The van der Waals surface area contributed by atoms with Crippen molar-refractivity contribution in [2.75, 3.05) is 19.1 Å². The van der Waals surface area contributed by atoms with E-state index in [-0.39, 0.29) is 38.0 Å². The predicted octanol–water partition coefficient (Wildman–Crippen LogP) is -2.18. The molecule has 5 amide bonds. The number of carboxylic acid groups (broad SMARTS) is 6. The third-order valence-corrected chi connectivity index (χ3v) is 8.13. The van der Waals surface area contributed by atoms with Crippen LogP contribution >= 0.6 is 12.6 Å². The van der Waals surface area contributed by atoms with Crippen molar-refractivity contribution in [3.05, 3.63) is 35.9 Å². The number of thiol groups is 1. The molecule has 0 saturated carbocycles. The first-order valence-corrected chi connectivity index (χ1v) is 17.8. The molecule has 1 aromatic rings. The maximum Gasteiger partial charge on any atom is 0.327 e. The second kappa shape index (κ2) is 26.0. The van der Waals surface area contributed by atoms with Crippen molar-refractivity contribution in [2.24, 2.45) is 0 Å². The lowest BCUT2D eigenvalue weighted by Crippen LogP contribution is -2.57. The smallest absolute Gasteiger partial charge is 0.327 e. The second-order valence-corrected chi connectivity index (χ2v) is 12.6. The monoisotopic (exact) mass is 830 g/mol. The largest absolute Gasteiger partial charge is 0.481 e. The summed E-state index contributed by atoms with van der Waals surface area (Å²) in [5.41, 5.74) is 0.553. The molecule has 0 aliphatic heterocycles. The van der Waals surface area contributed by atoms with Crippen molar-refractivity contribution >= 4 is 72.2 Å². The van der Waals surface area contributed by atoms with E-state index in [0.29, 0.717) is 5.56 Å². The second-order valence-electron chi connectivity index (χ2n) is 12.2. The first kappa shape index (κ1) is 49.0. The average molecular weight is 831 g/mol. The van der Waals surface area contributed by atoms with E-state index in [4.69, 9.17) is 14.9 Å². The Morgan fingerprint density at radius 3 is 1.63 bits per heavy atom. The van der Waals surface area contributed by atoms with E-state index >= 15 is 0 Å². The molecule has 1 unspecified atom stereocenters. The van der Waals surface area contributed by atoms with Gasteiger partial charge in [0.25, 0.3) is 0 Å². The SMILES string of the molecule is O=C(O)CC[C@@H](NC(=O)N[C@H](CCCOCNC(CCC(=O)N[C@@H](CC(=O)O)C(=O)N[C@@H](Cc1ccccc1)C(=O)N[C@@H](CS)C(=O)O)C(=O)O)C(=O)O)C(=O)O. The number of amides is 5. The van der Waals surface area contributed by atoms with E-state index in [0.717, 1.165) is 0 Å². The molecule has 0 bridgehead atoms. The van der Waals surface area contributed by atoms with E-state index in [9.17, 15) is 68.4 Å². The lowest BCUT2D eigenvalue weighted by molar-refractivity contribution is -0.143. The molecular weight excluding hydrogens is 784 g/mol. The highest BCUT2D eigenvalue weighted by atomic mass is 32.1. The molecule has 23 nitrogen and oxygen atoms in total. The summed E-state index contributed by atoms with van der Waals surface area (Å²) in [4.78, 5) is 119. The van der Waals surface area contributed by atoms with Gasteiger partial charge in [-0.2, -0.15) is 12.6 Å². The Hall–Kier alpha value is -6.01. The van der Waals surface area contributed by atoms with Gasteiger partial charge in [-0.1, -0.05) is 30.3 Å². The summed E-state index contributed by atoms with van der Waals surface area (Å²) >= 11 is 3.90.